The van der Waals surface area contributed by atoms with E-state index in [0.29, 0.717) is 16.9 Å². The summed E-state index contributed by atoms with van der Waals surface area (Å²) in [6.07, 6.45) is 12.2. The molecule has 0 spiro atoms. The summed E-state index contributed by atoms with van der Waals surface area (Å²) in [5.74, 6) is 0.328. The molecule has 1 aromatic heterocycles. The van der Waals surface area contributed by atoms with Crippen LogP contribution in [0, 0.1) is 11.8 Å². The first-order valence-corrected chi connectivity index (χ1v) is 12.5. The number of aryl methyl sites for hydroxylation is 1. The molecule has 0 radical (unpaired) electrons. The Labute approximate surface area is 184 Å². The maximum atomic E-state index is 11.5. The van der Waals surface area contributed by atoms with E-state index < -0.39 is 5.97 Å². The summed E-state index contributed by atoms with van der Waals surface area (Å²) in [5.41, 5.74) is 0. The third kappa shape index (κ3) is 8.56. The predicted molar refractivity (Wildman–Crippen MR) is 120 cm³/mol. The van der Waals surface area contributed by atoms with Crippen molar-refractivity contribution >= 4 is 28.9 Å². The molecule has 1 fully saturated rings. The predicted octanol–water partition coefficient (Wildman–Crippen LogP) is 5.71. The maximum absolute atomic E-state index is 11.5. The van der Waals surface area contributed by atoms with E-state index >= 15 is 0 Å². The third-order valence-corrected chi connectivity index (χ3v) is 7.52. The molecule has 2 N–H and O–H groups in total. The van der Waals surface area contributed by atoms with E-state index in [1.807, 2.05) is 12.1 Å². The van der Waals surface area contributed by atoms with Crippen molar-refractivity contribution in [3.63, 3.8) is 0 Å². The highest BCUT2D eigenvalue weighted by Gasteiger charge is 2.40. The molecule has 29 heavy (non-hydrogen) atoms. The summed E-state index contributed by atoms with van der Waals surface area (Å²) < 4.78 is 5.21. The highest BCUT2D eigenvalue weighted by Crippen LogP contribution is 2.42. The van der Waals surface area contributed by atoms with Crippen molar-refractivity contribution in [1.82, 2.24) is 0 Å². The lowest BCUT2D eigenvalue weighted by molar-refractivity contribution is -0.134. The lowest BCUT2D eigenvalue weighted by Gasteiger charge is -2.23. The zero-order valence-corrected chi connectivity index (χ0v) is 19.2. The number of unbranched alkanes of at least 4 members (excludes halogenated alkanes) is 5. The van der Waals surface area contributed by atoms with Gasteiger partial charge in [0.2, 0.25) is 0 Å². The summed E-state index contributed by atoms with van der Waals surface area (Å²) in [4.78, 5) is 12.6. The molecule has 4 atom stereocenters. The molecule has 0 bridgehead atoms. The van der Waals surface area contributed by atoms with Gasteiger partial charge < -0.3 is 14.9 Å². The number of alkyl halides is 1. The van der Waals surface area contributed by atoms with Crippen LogP contribution >= 0.6 is 22.9 Å². The van der Waals surface area contributed by atoms with Crippen LogP contribution in [0.4, 0.5) is 0 Å². The molecule has 166 valence electrons. The largest absolute Gasteiger partial charge is 0.415 e. The Hall–Kier alpha value is -0.620. The second-order valence-electron chi connectivity index (χ2n) is 8.26. The van der Waals surface area contributed by atoms with E-state index in [1.165, 1.54) is 54.7 Å². The zero-order valence-electron chi connectivity index (χ0n) is 17.7. The Balaban J connectivity index is 1.73. The first kappa shape index (κ1) is 24.6. The fraction of sp³-hybridized carbons (Fsp3) is 0.783. The van der Waals surface area contributed by atoms with Crippen molar-refractivity contribution in [2.45, 2.75) is 95.5 Å². The van der Waals surface area contributed by atoms with Crippen LogP contribution in [0.5, 0.6) is 5.06 Å². The van der Waals surface area contributed by atoms with Crippen LogP contribution in [0.2, 0.25) is 0 Å². The average molecular weight is 445 g/mol. The molecule has 1 heterocycles. The Kier molecular flexibility index (Phi) is 11.6. The molecular formula is C23H37ClO4S. The summed E-state index contributed by atoms with van der Waals surface area (Å²) in [6, 6.07) is 3.82. The van der Waals surface area contributed by atoms with E-state index in [1.54, 1.807) is 0 Å². The maximum Gasteiger partial charge on any atom is 0.314 e. The topological polar surface area (TPSA) is 66.8 Å². The number of carbonyl (C=O) groups excluding carboxylic acids is 1. The van der Waals surface area contributed by atoms with Crippen LogP contribution in [-0.4, -0.2) is 34.3 Å². The van der Waals surface area contributed by atoms with Gasteiger partial charge in [-0.05, 0) is 56.1 Å². The highest BCUT2D eigenvalue weighted by molar-refractivity contribution is 7.13. The summed E-state index contributed by atoms with van der Waals surface area (Å²) in [5, 5.41) is 19.9. The quantitative estimate of drug-likeness (QED) is 0.219. The molecule has 4 nitrogen and oxygen atoms in total. The van der Waals surface area contributed by atoms with Gasteiger partial charge in [-0.25, -0.2) is 0 Å². The van der Waals surface area contributed by atoms with Crippen molar-refractivity contribution in [2.24, 2.45) is 11.8 Å². The summed E-state index contributed by atoms with van der Waals surface area (Å²) >= 11 is 8.07. The first-order chi connectivity index (χ1) is 14.0. The second kappa shape index (κ2) is 13.6. The van der Waals surface area contributed by atoms with Crippen LogP contribution in [-0.2, 0) is 11.2 Å². The van der Waals surface area contributed by atoms with Crippen molar-refractivity contribution in [3.05, 3.63) is 17.0 Å². The Morgan fingerprint density at radius 1 is 1.14 bits per heavy atom. The van der Waals surface area contributed by atoms with E-state index in [0.717, 1.165) is 32.1 Å². The minimum absolute atomic E-state index is 0.0222. The van der Waals surface area contributed by atoms with Gasteiger partial charge in [-0.15, -0.1) is 22.9 Å². The standard InChI is InChI=1S/C23H37ClO4S/c1-2-3-4-5-6-7-10-19-18(20(24)16-21(19)26)11-8-9-17-12-13-23(29-17)28-22(27)14-15-25/h12-13,18-21,25-26H,2-11,14-16H2,1H3/t18-,19-,20-,21-/m1/s1. The molecule has 0 aromatic carbocycles. The van der Waals surface area contributed by atoms with Crippen LogP contribution in [0.25, 0.3) is 0 Å². The SMILES string of the molecule is CCCCCCCC[C@@H]1[C@@H](CCCc2ccc(OC(=O)CCO)s2)[C@H](Cl)C[C@H]1O. The van der Waals surface area contributed by atoms with Crippen LogP contribution in [0.3, 0.4) is 0 Å². The fourth-order valence-electron chi connectivity index (χ4n) is 4.41. The number of halogens is 1. The van der Waals surface area contributed by atoms with Gasteiger partial charge in [0, 0.05) is 10.3 Å². The van der Waals surface area contributed by atoms with Crippen molar-refractivity contribution in [1.29, 1.82) is 0 Å². The monoisotopic (exact) mass is 444 g/mol. The lowest BCUT2D eigenvalue weighted by atomic mass is 9.85. The van der Waals surface area contributed by atoms with E-state index in [2.05, 4.69) is 6.92 Å². The Morgan fingerprint density at radius 3 is 2.62 bits per heavy atom. The van der Waals surface area contributed by atoms with E-state index in [9.17, 15) is 9.90 Å². The lowest BCUT2D eigenvalue weighted by Crippen LogP contribution is -2.21. The van der Waals surface area contributed by atoms with Gasteiger partial charge in [0.05, 0.1) is 19.1 Å². The first-order valence-electron chi connectivity index (χ1n) is 11.3. The van der Waals surface area contributed by atoms with Crippen molar-refractivity contribution < 1.29 is 19.7 Å². The average Bonchev–Trinajstić information content (AvgIpc) is 3.22. The number of aliphatic hydroxyl groups is 2. The number of hydrogen-bond donors (Lipinski definition) is 2. The number of aliphatic hydroxyl groups excluding tert-OH is 2. The molecule has 1 aliphatic rings. The molecule has 2 rings (SSSR count). The fourth-order valence-corrected chi connectivity index (χ4v) is 5.82. The zero-order chi connectivity index (χ0) is 21.1. The third-order valence-electron chi connectivity index (χ3n) is 5.99. The normalized spacial score (nSPS) is 24.1. The molecule has 0 saturated heterocycles. The number of hydrogen-bond acceptors (Lipinski definition) is 5. The van der Waals surface area contributed by atoms with Gasteiger partial charge in [0.25, 0.3) is 0 Å². The Bertz CT molecular complexity index is 591. The van der Waals surface area contributed by atoms with Crippen LogP contribution < -0.4 is 4.74 Å². The summed E-state index contributed by atoms with van der Waals surface area (Å²) in [6.45, 7) is 2.05. The van der Waals surface area contributed by atoms with E-state index in [-0.39, 0.29) is 24.5 Å². The number of thiophene rings is 1. The van der Waals surface area contributed by atoms with Crippen LogP contribution in [0.1, 0.15) is 82.4 Å². The summed E-state index contributed by atoms with van der Waals surface area (Å²) in [7, 11) is 0. The molecule has 0 amide bonds. The molecule has 0 aliphatic heterocycles. The number of esters is 1. The van der Waals surface area contributed by atoms with Crippen molar-refractivity contribution in [3.8, 4) is 5.06 Å². The van der Waals surface area contributed by atoms with Gasteiger partial charge in [-0.1, -0.05) is 45.4 Å². The number of carbonyl (C=O) groups is 1. The van der Waals surface area contributed by atoms with Crippen molar-refractivity contribution in [2.75, 3.05) is 6.61 Å². The number of ether oxygens (including phenoxy) is 1. The molecule has 1 aromatic rings. The van der Waals surface area contributed by atoms with Crippen LogP contribution in [0.15, 0.2) is 12.1 Å². The van der Waals surface area contributed by atoms with Gasteiger partial charge in [-0.2, -0.15) is 0 Å². The molecule has 1 saturated carbocycles. The van der Waals surface area contributed by atoms with Gasteiger partial charge in [0.1, 0.15) is 0 Å². The molecule has 1 aliphatic carbocycles. The van der Waals surface area contributed by atoms with E-state index in [4.69, 9.17) is 21.4 Å². The minimum atomic E-state index is -0.400. The molecule has 0 unspecified atom stereocenters. The molecular weight excluding hydrogens is 408 g/mol. The second-order valence-corrected chi connectivity index (χ2v) is 9.96. The highest BCUT2D eigenvalue weighted by atomic mass is 35.5. The molecule has 6 heteroatoms. The minimum Gasteiger partial charge on any atom is -0.415 e. The smallest absolute Gasteiger partial charge is 0.314 e. The van der Waals surface area contributed by atoms with Gasteiger partial charge in [-0.3, -0.25) is 4.79 Å². The van der Waals surface area contributed by atoms with Gasteiger partial charge in [0.15, 0.2) is 5.06 Å². The number of rotatable bonds is 14. The van der Waals surface area contributed by atoms with Gasteiger partial charge >= 0.3 is 5.97 Å². The Morgan fingerprint density at radius 2 is 1.86 bits per heavy atom.